The normalized spacial score (nSPS) is 11.5. The zero-order valence-corrected chi connectivity index (χ0v) is 8.56. The molecule has 82 valence electrons. The second kappa shape index (κ2) is 4.51. The van der Waals surface area contributed by atoms with Crippen LogP contribution in [0.4, 0.5) is 13.2 Å². The summed E-state index contributed by atoms with van der Waals surface area (Å²) >= 11 is 0. The number of hydrogen-bond acceptors (Lipinski definition) is 0. The molecule has 0 heterocycles. The highest BCUT2D eigenvalue weighted by Gasteiger charge is 2.30. The van der Waals surface area contributed by atoms with E-state index in [4.69, 9.17) is 0 Å². The van der Waals surface area contributed by atoms with Crippen molar-refractivity contribution in [1.29, 1.82) is 0 Å². The smallest absolute Gasteiger partial charge is 0.166 e. The summed E-state index contributed by atoms with van der Waals surface area (Å²) < 4.78 is 37.0. The molecule has 0 bridgehead atoms. The molecule has 0 aliphatic rings. The molecule has 0 spiro atoms. The van der Waals surface area contributed by atoms with Crippen LogP contribution in [0.25, 0.3) is 0 Å². The molecule has 0 fully saturated rings. The van der Waals surface area contributed by atoms with Crippen LogP contribution in [0.2, 0.25) is 0 Å². The van der Waals surface area contributed by atoms with Crippen molar-refractivity contribution in [3.05, 3.63) is 47.5 Å². The van der Waals surface area contributed by atoms with E-state index in [0.717, 1.165) is 18.1 Å². The number of aryl methyl sites for hydroxylation is 1. The summed E-state index contributed by atoms with van der Waals surface area (Å²) in [5.41, 5.74) is 1.10. The Bertz CT molecular complexity index is 350. The summed E-state index contributed by atoms with van der Waals surface area (Å²) in [7, 11) is 0. The fourth-order valence-electron chi connectivity index (χ4n) is 1.26. The van der Waals surface area contributed by atoms with Crippen molar-refractivity contribution in [2.75, 3.05) is 0 Å². The van der Waals surface area contributed by atoms with E-state index >= 15 is 0 Å². The van der Waals surface area contributed by atoms with Crippen molar-refractivity contribution < 1.29 is 13.2 Å². The van der Waals surface area contributed by atoms with Gasteiger partial charge in [-0.25, -0.2) is 0 Å². The zero-order valence-electron chi connectivity index (χ0n) is 8.56. The lowest BCUT2D eigenvalue weighted by Crippen LogP contribution is -2.05. The minimum atomic E-state index is -4.25. The first-order valence-corrected chi connectivity index (χ1v) is 4.70. The Morgan fingerprint density at radius 2 is 2.00 bits per heavy atom. The molecular weight excluding hydrogens is 201 g/mol. The molecule has 0 N–H and O–H groups in total. The lowest BCUT2D eigenvalue weighted by Gasteiger charge is -2.08. The number of benzene rings is 1. The van der Waals surface area contributed by atoms with Gasteiger partial charge in [-0.2, -0.15) is 13.2 Å². The van der Waals surface area contributed by atoms with Gasteiger partial charge in [0.05, 0.1) is 5.56 Å². The van der Waals surface area contributed by atoms with Crippen LogP contribution in [0.3, 0.4) is 0 Å². The monoisotopic (exact) mass is 214 g/mol. The Labute approximate surface area is 87.4 Å². The van der Waals surface area contributed by atoms with E-state index in [2.05, 4.69) is 6.58 Å². The summed E-state index contributed by atoms with van der Waals surface area (Å²) in [5.74, 6) is 0. The molecule has 1 aromatic carbocycles. The average Bonchev–Trinajstić information content (AvgIpc) is 2.14. The molecular formula is C12H13F3. The maximum absolute atomic E-state index is 12.3. The van der Waals surface area contributed by atoms with E-state index in [0.29, 0.717) is 12.0 Å². The van der Waals surface area contributed by atoms with Crippen LogP contribution in [-0.2, 0) is 12.6 Å². The van der Waals surface area contributed by atoms with E-state index in [1.54, 1.807) is 6.07 Å². The molecule has 0 saturated heterocycles. The lowest BCUT2D eigenvalue weighted by molar-refractivity contribution is -0.137. The third-order valence-electron chi connectivity index (χ3n) is 2.09. The summed E-state index contributed by atoms with van der Waals surface area (Å²) in [6, 6.07) is 5.43. The Hall–Kier alpha value is -1.25. The van der Waals surface area contributed by atoms with Crippen LogP contribution in [0.15, 0.2) is 36.4 Å². The number of hydrogen-bond donors (Lipinski definition) is 0. The predicted molar refractivity (Wildman–Crippen MR) is 54.6 cm³/mol. The van der Waals surface area contributed by atoms with Crippen LogP contribution >= 0.6 is 0 Å². The van der Waals surface area contributed by atoms with Gasteiger partial charge in [0.2, 0.25) is 0 Å². The largest absolute Gasteiger partial charge is 0.416 e. The third kappa shape index (κ3) is 3.78. The number of rotatable bonds is 3. The van der Waals surface area contributed by atoms with Gasteiger partial charge in [-0.05, 0) is 31.4 Å². The molecule has 0 saturated carbocycles. The number of allylic oxidation sites excluding steroid dienone is 1. The fourth-order valence-corrected chi connectivity index (χ4v) is 1.26. The number of halogens is 3. The predicted octanol–water partition coefficient (Wildman–Crippen LogP) is 4.21. The van der Waals surface area contributed by atoms with Gasteiger partial charge >= 0.3 is 6.18 Å². The maximum Gasteiger partial charge on any atom is 0.416 e. The van der Waals surface area contributed by atoms with E-state index in [1.807, 2.05) is 6.92 Å². The van der Waals surface area contributed by atoms with Gasteiger partial charge in [-0.1, -0.05) is 23.8 Å². The van der Waals surface area contributed by atoms with Crippen LogP contribution in [-0.4, -0.2) is 0 Å². The summed E-state index contributed by atoms with van der Waals surface area (Å²) in [6.45, 7) is 5.59. The van der Waals surface area contributed by atoms with Gasteiger partial charge in [-0.15, -0.1) is 6.58 Å². The molecule has 0 atom stereocenters. The van der Waals surface area contributed by atoms with Gasteiger partial charge in [0.15, 0.2) is 0 Å². The van der Waals surface area contributed by atoms with Crippen LogP contribution in [0, 0.1) is 0 Å². The van der Waals surface area contributed by atoms with Crippen molar-refractivity contribution in [3.63, 3.8) is 0 Å². The lowest BCUT2D eigenvalue weighted by atomic mass is 10.0. The first kappa shape index (κ1) is 11.8. The standard InChI is InChI=1S/C12H13F3/c1-9(2)6-7-10-4-3-5-11(8-10)12(13,14)15/h3-5,8H,1,6-7H2,2H3. The van der Waals surface area contributed by atoms with Crippen molar-refractivity contribution in [2.24, 2.45) is 0 Å². The minimum absolute atomic E-state index is 0.582. The van der Waals surface area contributed by atoms with E-state index in [-0.39, 0.29) is 0 Å². The molecule has 0 unspecified atom stereocenters. The van der Waals surface area contributed by atoms with Gasteiger partial charge in [0.1, 0.15) is 0 Å². The molecule has 0 aliphatic heterocycles. The van der Waals surface area contributed by atoms with Crippen molar-refractivity contribution in [3.8, 4) is 0 Å². The first-order chi connectivity index (χ1) is 6.89. The van der Waals surface area contributed by atoms with Crippen molar-refractivity contribution in [1.82, 2.24) is 0 Å². The van der Waals surface area contributed by atoms with Crippen LogP contribution < -0.4 is 0 Å². The molecule has 3 heteroatoms. The Balaban J connectivity index is 2.79. The summed E-state index contributed by atoms with van der Waals surface area (Å²) in [5, 5.41) is 0. The Morgan fingerprint density at radius 3 is 2.53 bits per heavy atom. The van der Waals surface area contributed by atoms with Gasteiger partial charge in [0.25, 0.3) is 0 Å². The zero-order chi connectivity index (χ0) is 11.5. The van der Waals surface area contributed by atoms with Gasteiger partial charge in [-0.3, -0.25) is 0 Å². The highest BCUT2D eigenvalue weighted by molar-refractivity contribution is 5.26. The van der Waals surface area contributed by atoms with E-state index in [1.165, 1.54) is 12.1 Å². The topological polar surface area (TPSA) is 0 Å². The second-order valence-corrected chi connectivity index (χ2v) is 3.66. The van der Waals surface area contributed by atoms with E-state index < -0.39 is 11.7 Å². The maximum atomic E-state index is 12.3. The summed E-state index contributed by atoms with van der Waals surface area (Å²) in [4.78, 5) is 0. The number of alkyl halides is 3. The highest BCUT2D eigenvalue weighted by atomic mass is 19.4. The Kier molecular flexibility index (Phi) is 3.56. The minimum Gasteiger partial charge on any atom is -0.166 e. The first-order valence-electron chi connectivity index (χ1n) is 4.70. The van der Waals surface area contributed by atoms with Crippen LogP contribution in [0.5, 0.6) is 0 Å². The third-order valence-corrected chi connectivity index (χ3v) is 2.09. The Morgan fingerprint density at radius 1 is 1.33 bits per heavy atom. The molecule has 0 amide bonds. The van der Waals surface area contributed by atoms with Gasteiger partial charge < -0.3 is 0 Å². The molecule has 1 aromatic rings. The van der Waals surface area contributed by atoms with Gasteiger partial charge in [0, 0.05) is 0 Å². The fraction of sp³-hybridized carbons (Fsp3) is 0.333. The molecule has 0 aromatic heterocycles. The van der Waals surface area contributed by atoms with E-state index in [9.17, 15) is 13.2 Å². The van der Waals surface area contributed by atoms with Crippen molar-refractivity contribution >= 4 is 0 Å². The van der Waals surface area contributed by atoms with Crippen molar-refractivity contribution in [2.45, 2.75) is 25.9 Å². The highest BCUT2D eigenvalue weighted by Crippen LogP contribution is 2.29. The SMILES string of the molecule is C=C(C)CCc1cccc(C(F)(F)F)c1. The average molecular weight is 214 g/mol. The van der Waals surface area contributed by atoms with Crippen LogP contribution in [0.1, 0.15) is 24.5 Å². The molecule has 0 aliphatic carbocycles. The molecule has 15 heavy (non-hydrogen) atoms. The molecule has 1 rings (SSSR count). The quantitative estimate of drug-likeness (QED) is 0.661. The summed E-state index contributed by atoms with van der Waals surface area (Å²) in [6.07, 6.45) is -2.92. The second-order valence-electron chi connectivity index (χ2n) is 3.66. The molecule has 0 nitrogen and oxygen atoms in total. The molecule has 0 radical (unpaired) electrons.